The van der Waals surface area contributed by atoms with Crippen LogP contribution in [-0.4, -0.2) is 26.7 Å². The Morgan fingerprint density at radius 1 is 1.27 bits per heavy atom. The topological polar surface area (TPSA) is 72.5 Å². The first-order valence-electron chi connectivity index (χ1n) is 7.79. The van der Waals surface area contributed by atoms with Gasteiger partial charge in [-0.3, -0.25) is 4.79 Å². The van der Waals surface area contributed by atoms with E-state index in [0.717, 1.165) is 11.6 Å². The molecule has 0 saturated heterocycles. The Morgan fingerprint density at radius 2 is 1.96 bits per heavy atom. The normalized spacial score (nSPS) is 12.5. The summed E-state index contributed by atoms with van der Waals surface area (Å²) in [5.41, 5.74) is 0.626. The number of rotatable bonds is 7. The highest BCUT2D eigenvalue weighted by Crippen LogP contribution is 2.23. The summed E-state index contributed by atoms with van der Waals surface area (Å²) in [5.74, 6) is -1.40. The molecule has 0 aliphatic heterocycles. The van der Waals surface area contributed by atoms with Crippen LogP contribution >= 0.6 is 11.6 Å². The van der Waals surface area contributed by atoms with Gasteiger partial charge < -0.3 is 10.1 Å². The van der Waals surface area contributed by atoms with E-state index >= 15 is 0 Å². The largest absolute Gasteiger partial charge is 0.497 e. The van der Waals surface area contributed by atoms with Crippen LogP contribution in [0.4, 0.5) is 4.39 Å². The standard InChI is InChI=1S/C18H19ClFNO4S/c1-12(18(22)21-10-13-5-3-6-14(9-13)25-2)26(23,24)11-15-16(19)7-4-8-17(15)20/h3-9,12H,10-11H2,1-2H3,(H,21,22). The van der Waals surface area contributed by atoms with Crippen LogP contribution in [0.25, 0.3) is 0 Å². The first-order chi connectivity index (χ1) is 12.2. The average molecular weight is 400 g/mol. The molecule has 0 heterocycles. The van der Waals surface area contributed by atoms with Gasteiger partial charge in [0.1, 0.15) is 16.8 Å². The number of carbonyl (C=O) groups is 1. The minimum Gasteiger partial charge on any atom is -0.497 e. The number of ether oxygens (including phenoxy) is 1. The van der Waals surface area contributed by atoms with Crippen molar-refractivity contribution in [2.75, 3.05) is 7.11 Å². The number of carbonyl (C=O) groups excluding carboxylic acids is 1. The highest BCUT2D eigenvalue weighted by atomic mass is 35.5. The van der Waals surface area contributed by atoms with E-state index in [-0.39, 0.29) is 17.1 Å². The van der Waals surface area contributed by atoms with Crippen molar-refractivity contribution in [3.8, 4) is 5.75 Å². The third kappa shape index (κ3) is 4.95. The maximum atomic E-state index is 13.8. The predicted octanol–water partition coefficient (Wildman–Crippen LogP) is 3.11. The Morgan fingerprint density at radius 3 is 2.62 bits per heavy atom. The summed E-state index contributed by atoms with van der Waals surface area (Å²) in [7, 11) is -2.41. The van der Waals surface area contributed by atoms with Gasteiger partial charge in [-0.1, -0.05) is 29.8 Å². The van der Waals surface area contributed by atoms with Crippen molar-refractivity contribution >= 4 is 27.3 Å². The van der Waals surface area contributed by atoms with Crippen LogP contribution in [0.1, 0.15) is 18.1 Å². The van der Waals surface area contributed by atoms with Gasteiger partial charge in [-0.25, -0.2) is 12.8 Å². The summed E-state index contributed by atoms with van der Waals surface area (Å²) in [5, 5.41) is 1.24. The molecule has 8 heteroatoms. The molecule has 5 nitrogen and oxygen atoms in total. The Kier molecular flexibility index (Phi) is 6.61. The second-order valence-electron chi connectivity index (χ2n) is 5.72. The molecule has 1 N–H and O–H groups in total. The Bertz CT molecular complexity index is 882. The van der Waals surface area contributed by atoms with Crippen LogP contribution in [0.5, 0.6) is 5.75 Å². The van der Waals surface area contributed by atoms with Crippen molar-refractivity contribution < 1.29 is 22.3 Å². The zero-order valence-corrected chi connectivity index (χ0v) is 15.9. The number of amides is 1. The number of hydrogen-bond acceptors (Lipinski definition) is 4. The fraction of sp³-hybridized carbons (Fsp3) is 0.278. The van der Waals surface area contributed by atoms with Crippen molar-refractivity contribution in [2.24, 2.45) is 0 Å². The predicted molar refractivity (Wildman–Crippen MR) is 98.3 cm³/mol. The highest BCUT2D eigenvalue weighted by Gasteiger charge is 2.29. The zero-order valence-electron chi connectivity index (χ0n) is 14.3. The lowest BCUT2D eigenvalue weighted by Crippen LogP contribution is -2.38. The van der Waals surface area contributed by atoms with Gasteiger partial charge in [-0.2, -0.15) is 0 Å². The molecular formula is C18H19ClFNO4S. The zero-order chi connectivity index (χ0) is 19.3. The molecule has 0 saturated carbocycles. The Balaban J connectivity index is 2.06. The van der Waals surface area contributed by atoms with Crippen LogP contribution in [0.3, 0.4) is 0 Å². The van der Waals surface area contributed by atoms with E-state index in [4.69, 9.17) is 16.3 Å². The molecule has 0 aliphatic rings. The van der Waals surface area contributed by atoms with E-state index in [1.165, 1.54) is 26.2 Å². The maximum absolute atomic E-state index is 13.8. The molecule has 26 heavy (non-hydrogen) atoms. The SMILES string of the molecule is COc1cccc(CNC(=O)C(C)S(=O)(=O)Cc2c(F)cccc2Cl)c1. The summed E-state index contributed by atoms with van der Waals surface area (Å²) < 4.78 is 43.8. The van der Waals surface area contributed by atoms with Gasteiger partial charge in [0.25, 0.3) is 0 Å². The minimum atomic E-state index is -3.94. The molecular weight excluding hydrogens is 381 g/mol. The lowest BCUT2D eigenvalue weighted by atomic mass is 10.2. The summed E-state index contributed by atoms with van der Waals surface area (Å²) in [4.78, 5) is 12.2. The summed E-state index contributed by atoms with van der Waals surface area (Å²) in [6.07, 6.45) is 0. The quantitative estimate of drug-likeness (QED) is 0.776. The number of sulfone groups is 1. The lowest BCUT2D eigenvalue weighted by molar-refractivity contribution is -0.120. The van der Waals surface area contributed by atoms with E-state index in [0.29, 0.717) is 5.75 Å². The monoisotopic (exact) mass is 399 g/mol. The molecule has 140 valence electrons. The number of methoxy groups -OCH3 is 1. The highest BCUT2D eigenvalue weighted by molar-refractivity contribution is 7.92. The summed E-state index contributed by atoms with van der Waals surface area (Å²) in [6.45, 7) is 1.42. The van der Waals surface area contributed by atoms with E-state index in [1.54, 1.807) is 24.3 Å². The van der Waals surface area contributed by atoms with Gasteiger partial charge in [0.15, 0.2) is 9.84 Å². The number of hydrogen-bond donors (Lipinski definition) is 1. The van der Waals surface area contributed by atoms with E-state index in [1.807, 2.05) is 0 Å². The Labute approximate surface area is 157 Å². The van der Waals surface area contributed by atoms with Crippen LogP contribution in [-0.2, 0) is 26.9 Å². The number of halogens is 2. The molecule has 0 fully saturated rings. The van der Waals surface area contributed by atoms with E-state index < -0.39 is 32.6 Å². The van der Waals surface area contributed by atoms with Gasteiger partial charge in [-0.05, 0) is 36.8 Å². The van der Waals surface area contributed by atoms with Crippen molar-refractivity contribution in [2.45, 2.75) is 24.5 Å². The molecule has 1 unspecified atom stereocenters. The molecule has 0 aromatic heterocycles. The van der Waals surface area contributed by atoms with Crippen LogP contribution in [0, 0.1) is 5.82 Å². The van der Waals surface area contributed by atoms with Gasteiger partial charge in [0.2, 0.25) is 5.91 Å². The molecule has 0 spiro atoms. The van der Waals surface area contributed by atoms with Crippen molar-refractivity contribution in [1.82, 2.24) is 5.32 Å². The fourth-order valence-electron chi connectivity index (χ4n) is 2.27. The molecule has 2 rings (SSSR count). The maximum Gasteiger partial charge on any atom is 0.238 e. The van der Waals surface area contributed by atoms with Gasteiger partial charge >= 0.3 is 0 Å². The smallest absolute Gasteiger partial charge is 0.238 e. The van der Waals surface area contributed by atoms with E-state index in [2.05, 4.69) is 5.32 Å². The van der Waals surface area contributed by atoms with Gasteiger partial charge in [0.05, 0.1) is 12.9 Å². The van der Waals surface area contributed by atoms with Gasteiger partial charge in [-0.15, -0.1) is 0 Å². The third-order valence-electron chi connectivity index (χ3n) is 3.92. The minimum absolute atomic E-state index is 0.0116. The first kappa shape index (κ1) is 20.2. The fourth-order valence-corrected chi connectivity index (χ4v) is 3.94. The van der Waals surface area contributed by atoms with Crippen LogP contribution in [0.15, 0.2) is 42.5 Å². The molecule has 2 aromatic carbocycles. The second kappa shape index (κ2) is 8.51. The van der Waals surface area contributed by atoms with E-state index in [9.17, 15) is 17.6 Å². The van der Waals surface area contributed by atoms with Crippen LogP contribution in [0.2, 0.25) is 5.02 Å². The first-order valence-corrected chi connectivity index (χ1v) is 9.89. The Hall–Kier alpha value is -2.12. The molecule has 0 bridgehead atoms. The van der Waals surface area contributed by atoms with Crippen molar-refractivity contribution in [3.05, 3.63) is 64.4 Å². The number of nitrogens with one attached hydrogen (secondary N) is 1. The summed E-state index contributed by atoms with van der Waals surface area (Å²) >= 11 is 5.87. The van der Waals surface area contributed by atoms with Crippen molar-refractivity contribution in [3.63, 3.8) is 0 Å². The molecule has 0 aliphatic carbocycles. The van der Waals surface area contributed by atoms with Crippen molar-refractivity contribution in [1.29, 1.82) is 0 Å². The molecule has 2 aromatic rings. The summed E-state index contributed by atoms with van der Waals surface area (Å²) in [6, 6.07) is 11.0. The average Bonchev–Trinajstić information content (AvgIpc) is 2.62. The van der Waals surface area contributed by atoms with Crippen LogP contribution < -0.4 is 10.1 Å². The third-order valence-corrected chi connectivity index (χ3v) is 6.25. The number of benzene rings is 2. The lowest BCUT2D eigenvalue weighted by Gasteiger charge is -2.14. The van der Waals surface area contributed by atoms with Gasteiger partial charge in [0, 0.05) is 17.1 Å². The molecule has 1 amide bonds. The molecule has 1 atom stereocenters. The second-order valence-corrected chi connectivity index (χ2v) is 8.45. The molecule has 0 radical (unpaired) electrons.